The summed E-state index contributed by atoms with van der Waals surface area (Å²) < 4.78 is 31.4. The van der Waals surface area contributed by atoms with Crippen molar-refractivity contribution in [3.05, 3.63) is 65.5 Å². The fraction of sp³-hybridized carbons (Fsp3) is 0.0769. The lowest BCUT2D eigenvalue weighted by Gasteiger charge is -2.06. The SMILES string of the molecule is O=C(OCc1c(F)cccc1F)c1ccncc1. The van der Waals surface area contributed by atoms with Crippen molar-refractivity contribution < 1.29 is 18.3 Å². The van der Waals surface area contributed by atoms with Gasteiger partial charge in [0.05, 0.1) is 11.1 Å². The van der Waals surface area contributed by atoms with E-state index in [1.165, 1.54) is 30.6 Å². The highest BCUT2D eigenvalue weighted by molar-refractivity contribution is 5.89. The summed E-state index contributed by atoms with van der Waals surface area (Å²) >= 11 is 0. The van der Waals surface area contributed by atoms with Gasteiger partial charge in [-0.15, -0.1) is 0 Å². The highest BCUT2D eigenvalue weighted by Crippen LogP contribution is 2.14. The number of halogens is 2. The third kappa shape index (κ3) is 2.68. The highest BCUT2D eigenvalue weighted by atomic mass is 19.1. The topological polar surface area (TPSA) is 39.2 Å². The number of carbonyl (C=O) groups is 1. The van der Waals surface area contributed by atoms with Gasteiger partial charge in [0.2, 0.25) is 0 Å². The molecule has 0 amide bonds. The fourth-order valence-electron chi connectivity index (χ4n) is 1.38. The number of esters is 1. The largest absolute Gasteiger partial charge is 0.457 e. The van der Waals surface area contributed by atoms with E-state index in [1.807, 2.05) is 0 Å². The predicted molar refractivity (Wildman–Crippen MR) is 59.7 cm³/mol. The number of nitrogens with zero attached hydrogens (tertiary/aromatic N) is 1. The molecule has 0 bridgehead atoms. The fourth-order valence-corrected chi connectivity index (χ4v) is 1.38. The number of pyridine rings is 1. The molecule has 2 aromatic rings. The van der Waals surface area contributed by atoms with Gasteiger partial charge in [-0.3, -0.25) is 4.98 Å². The Labute approximate surface area is 102 Å². The summed E-state index contributed by atoms with van der Waals surface area (Å²) in [7, 11) is 0. The third-order valence-electron chi connectivity index (χ3n) is 2.33. The molecule has 0 unspecified atom stereocenters. The minimum absolute atomic E-state index is 0.264. The van der Waals surface area contributed by atoms with Crippen LogP contribution >= 0.6 is 0 Å². The Morgan fingerprint density at radius 1 is 1.11 bits per heavy atom. The average Bonchev–Trinajstić information content (AvgIpc) is 2.39. The zero-order valence-corrected chi connectivity index (χ0v) is 9.27. The lowest BCUT2D eigenvalue weighted by molar-refractivity contribution is 0.0464. The standard InChI is InChI=1S/C13H9F2NO2/c14-11-2-1-3-12(15)10(11)8-18-13(17)9-4-6-16-7-5-9/h1-7H,8H2. The van der Waals surface area contributed by atoms with Crippen molar-refractivity contribution >= 4 is 5.97 Å². The summed E-state index contributed by atoms with van der Waals surface area (Å²) in [5.74, 6) is -2.13. The smallest absolute Gasteiger partial charge is 0.338 e. The van der Waals surface area contributed by atoms with Crippen LogP contribution < -0.4 is 0 Å². The number of ether oxygens (including phenoxy) is 1. The zero-order valence-electron chi connectivity index (χ0n) is 9.27. The van der Waals surface area contributed by atoms with Crippen molar-refractivity contribution in [2.45, 2.75) is 6.61 Å². The maximum Gasteiger partial charge on any atom is 0.338 e. The molecule has 2 rings (SSSR count). The number of benzene rings is 1. The third-order valence-corrected chi connectivity index (χ3v) is 2.33. The number of hydrogen-bond acceptors (Lipinski definition) is 3. The second-order valence-corrected chi connectivity index (χ2v) is 3.51. The molecule has 0 N–H and O–H groups in total. The molecule has 3 nitrogen and oxygen atoms in total. The van der Waals surface area contributed by atoms with Gasteiger partial charge in [-0.1, -0.05) is 6.07 Å². The Bertz CT molecular complexity index is 538. The summed E-state index contributed by atoms with van der Waals surface area (Å²) in [5, 5.41) is 0. The second kappa shape index (κ2) is 5.35. The van der Waals surface area contributed by atoms with Crippen LogP contribution in [0.3, 0.4) is 0 Å². The van der Waals surface area contributed by atoms with Gasteiger partial charge in [0.15, 0.2) is 0 Å². The Morgan fingerprint density at radius 3 is 2.33 bits per heavy atom. The first-order chi connectivity index (χ1) is 8.68. The first-order valence-corrected chi connectivity index (χ1v) is 5.18. The van der Waals surface area contributed by atoms with E-state index in [-0.39, 0.29) is 11.1 Å². The Morgan fingerprint density at radius 2 is 1.72 bits per heavy atom. The van der Waals surface area contributed by atoms with E-state index in [4.69, 9.17) is 4.74 Å². The summed E-state index contributed by atoms with van der Waals surface area (Å²) in [5.41, 5.74) is 0.0154. The predicted octanol–water partition coefficient (Wildman–Crippen LogP) is 2.72. The van der Waals surface area contributed by atoms with Crippen molar-refractivity contribution in [2.24, 2.45) is 0 Å². The van der Waals surface area contributed by atoms with Crippen molar-refractivity contribution in [3.8, 4) is 0 Å². The molecule has 0 saturated heterocycles. The number of hydrogen-bond donors (Lipinski definition) is 0. The molecule has 0 saturated carbocycles. The summed E-state index contributed by atoms with van der Waals surface area (Å²) in [6.07, 6.45) is 2.86. The monoisotopic (exact) mass is 249 g/mol. The number of aromatic nitrogens is 1. The van der Waals surface area contributed by atoms with E-state index in [2.05, 4.69) is 4.98 Å². The van der Waals surface area contributed by atoms with Crippen LogP contribution in [-0.4, -0.2) is 11.0 Å². The molecule has 0 fully saturated rings. The van der Waals surface area contributed by atoms with E-state index in [0.717, 1.165) is 12.1 Å². The van der Waals surface area contributed by atoms with E-state index < -0.39 is 24.2 Å². The van der Waals surface area contributed by atoms with Gasteiger partial charge in [-0.25, -0.2) is 13.6 Å². The van der Waals surface area contributed by atoms with Gasteiger partial charge in [0.25, 0.3) is 0 Å². The highest BCUT2D eigenvalue weighted by Gasteiger charge is 2.12. The maximum absolute atomic E-state index is 13.3. The van der Waals surface area contributed by atoms with E-state index in [9.17, 15) is 13.6 Å². The molecule has 92 valence electrons. The van der Waals surface area contributed by atoms with Crippen molar-refractivity contribution in [2.75, 3.05) is 0 Å². The minimum Gasteiger partial charge on any atom is -0.457 e. The molecule has 0 aliphatic carbocycles. The molecule has 0 spiro atoms. The van der Waals surface area contributed by atoms with Gasteiger partial charge in [-0.05, 0) is 24.3 Å². The molecule has 0 aliphatic heterocycles. The molecule has 1 aromatic carbocycles. The summed E-state index contributed by atoms with van der Waals surface area (Å²) in [6, 6.07) is 6.39. The maximum atomic E-state index is 13.3. The summed E-state index contributed by atoms with van der Waals surface area (Å²) in [4.78, 5) is 15.3. The molecule has 0 atom stereocenters. The molecule has 0 radical (unpaired) electrons. The second-order valence-electron chi connectivity index (χ2n) is 3.51. The number of carbonyl (C=O) groups excluding carboxylic acids is 1. The van der Waals surface area contributed by atoms with Crippen LogP contribution in [0.1, 0.15) is 15.9 Å². The van der Waals surface area contributed by atoms with Crippen LogP contribution in [0.5, 0.6) is 0 Å². The number of rotatable bonds is 3. The van der Waals surface area contributed by atoms with Gasteiger partial charge < -0.3 is 4.74 Å². The van der Waals surface area contributed by atoms with Gasteiger partial charge in [-0.2, -0.15) is 0 Å². The summed E-state index contributed by atoms with van der Waals surface area (Å²) in [6.45, 7) is -0.445. The van der Waals surface area contributed by atoms with Crippen molar-refractivity contribution in [3.63, 3.8) is 0 Å². The molecule has 0 aliphatic rings. The van der Waals surface area contributed by atoms with Gasteiger partial charge in [0, 0.05) is 12.4 Å². The molecular formula is C13H9F2NO2. The Kier molecular flexibility index (Phi) is 3.62. The lowest BCUT2D eigenvalue weighted by atomic mass is 10.2. The minimum atomic E-state index is -0.738. The average molecular weight is 249 g/mol. The normalized spacial score (nSPS) is 10.1. The van der Waals surface area contributed by atoms with Crippen molar-refractivity contribution in [1.29, 1.82) is 0 Å². The van der Waals surface area contributed by atoms with Crippen LogP contribution in [0, 0.1) is 11.6 Å². The van der Waals surface area contributed by atoms with Gasteiger partial charge >= 0.3 is 5.97 Å². The van der Waals surface area contributed by atoms with E-state index in [0.29, 0.717) is 0 Å². The van der Waals surface area contributed by atoms with Crippen molar-refractivity contribution in [1.82, 2.24) is 4.98 Å². The van der Waals surface area contributed by atoms with Crippen LogP contribution in [-0.2, 0) is 11.3 Å². The quantitative estimate of drug-likeness (QED) is 0.785. The first kappa shape index (κ1) is 12.2. The van der Waals surface area contributed by atoms with Crippen LogP contribution in [0.15, 0.2) is 42.7 Å². The molecule has 1 heterocycles. The molecule has 5 heteroatoms. The molecule has 18 heavy (non-hydrogen) atoms. The lowest BCUT2D eigenvalue weighted by Crippen LogP contribution is -2.07. The van der Waals surface area contributed by atoms with Gasteiger partial charge in [0.1, 0.15) is 18.2 Å². The zero-order chi connectivity index (χ0) is 13.0. The first-order valence-electron chi connectivity index (χ1n) is 5.18. The molecule has 1 aromatic heterocycles. The van der Waals surface area contributed by atoms with E-state index in [1.54, 1.807) is 0 Å². The Balaban J connectivity index is 2.07. The van der Waals surface area contributed by atoms with E-state index >= 15 is 0 Å². The Hall–Kier alpha value is -2.30. The molecular weight excluding hydrogens is 240 g/mol. The van der Waals surface area contributed by atoms with Crippen LogP contribution in [0.4, 0.5) is 8.78 Å². The van der Waals surface area contributed by atoms with Crippen LogP contribution in [0.2, 0.25) is 0 Å². The van der Waals surface area contributed by atoms with Crippen LogP contribution in [0.25, 0.3) is 0 Å².